The van der Waals surface area contributed by atoms with Gasteiger partial charge in [-0.2, -0.15) is 0 Å². The Labute approximate surface area is 79.0 Å². The zero-order valence-corrected chi connectivity index (χ0v) is 8.68. The van der Waals surface area contributed by atoms with Gasteiger partial charge < -0.3 is 4.57 Å². The Bertz CT molecular complexity index is 463. The van der Waals surface area contributed by atoms with E-state index in [0.29, 0.717) is 0 Å². The Morgan fingerprint density at radius 1 is 1.08 bits per heavy atom. The number of aryl methyl sites for hydroxylation is 4. The van der Waals surface area contributed by atoms with Crippen LogP contribution in [0.15, 0.2) is 18.3 Å². The Morgan fingerprint density at radius 3 is 2.46 bits per heavy atom. The summed E-state index contributed by atoms with van der Waals surface area (Å²) in [4.78, 5) is 0. The molecule has 0 N–H and O–H groups in total. The molecule has 0 aliphatic heterocycles. The van der Waals surface area contributed by atoms with Crippen molar-refractivity contribution in [2.75, 3.05) is 0 Å². The van der Waals surface area contributed by atoms with Crippen molar-refractivity contribution >= 4 is 10.8 Å². The fourth-order valence-corrected chi connectivity index (χ4v) is 2.08. The fourth-order valence-electron chi connectivity index (χ4n) is 2.08. The van der Waals surface area contributed by atoms with Gasteiger partial charge in [0.25, 0.3) is 0 Å². The Kier molecular flexibility index (Phi) is 1.69. The molecule has 0 aliphatic carbocycles. The first-order chi connectivity index (χ1) is 6.09. The third kappa shape index (κ3) is 1.15. The van der Waals surface area contributed by atoms with Crippen LogP contribution < -0.4 is 0 Å². The van der Waals surface area contributed by atoms with Crippen LogP contribution in [0.1, 0.15) is 16.8 Å². The van der Waals surface area contributed by atoms with Gasteiger partial charge in [-0.3, -0.25) is 0 Å². The number of hydrogen-bond acceptors (Lipinski definition) is 0. The van der Waals surface area contributed by atoms with E-state index in [0.717, 1.165) is 0 Å². The van der Waals surface area contributed by atoms with Crippen LogP contribution in [0, 0.1) is 20.8 Å². The fraction of sp³-hybridized carbons (Fsp3) is 0.333. The summed E-state index contributed by atoms with van der Waals surface area (Å²) < 4.78 is 2.19. The minimum absolute atomic E-state index is 1.34. The van der Waals surface area contributed by atoms with Gasteiger partial charge in [-0.25, -0.2) is 0 Å². The lowest BCUT2D eigenvalue weighted by atomic mass is 10.1. The van der Waals surface area contributed by atoms with E-state index >= 15 is 0 Å². The monoisotopic (exact) mass is 173 g/mol. The van der Waals surface area contributed by atoms with Gasteiger partial charge in [0.15, 0.2) is 0 Å². The molecule has 0 spiro atoms. The van der Waals surface area contributed by atoms with Crippen molar-refractivity contribution in [2.45, 2.75) is 20.8 Å². The molecule has 1 aromatic carbocycles. The van der Waals surface area contributed by atoms with Crippen LogP contribution in [0.25, 0.3) is 10.8 Å². The van der Waals surface area contributed by atoms with Gasteiger partial charge in [-0.15, -0.1) is 0 Å². The van der Waals surface area contributed by atoms with Crippen LogP contribution in [0.2, 0.25) is 0 Å². The number of benzene rings is 1. The molecule has 1 nitrogen and oxygen atoms in total. The molecule has 2 rings (SSSR count). The van der Waals surface area contributed by atoms with Crippen molar-refractivity contribution in [3.8, 4) is 0 Å². The predicted octanol–water partition coefficient (Wildman–Crippen LogP) is 3.10. The third-order valence-corrected chi connectivity index (χ3v) is 2.73. The number of hydrogen-bond donors (Lipinski definition) is 0. The van der Waals surface area contributed by atoms with E-state index in [1.54, 1.807) is 0 Å². The highest BCUT2D eigenvalue weighted by molar-refractivity contribution is 5.89. The zero-order valence-electron chi connectivity index (χ0n) is 8.68. The Hall–Kier alpha value is -1.24. The summed E-state index contributed by atoms with van der Waals surface area (Å²) in [5.41, 5.74) is 4.08. The van der Waals surface area contributed by atoms with Crippen LogP contribution in [0.5, 0.6) is 0 Å². The first-order valence-corrected chi connectivity index (χ1v) is 4.62. The maximum atomic E-state index is 2.25. The van der Waals surface area contributed by atoms with Crippen molar-refractivity contribution in [3.63, 3.8) is 0 Å². The summed E-state index contributed by atoms with van der Waals surface area (Å²) in [6, 6.07) is 4.49. The van der Waals surface area contributed by atoms with Crippen molar-refractivity contribution < 1.29 is 0 Å². The normalized spacial score (nSPS) is 11.1. The second kappa shape index (κ2) is 2.63. The van der Waals surface area contributed by atoms with Gasteiger partial charge in [0.05, 0.1) is 0 Å². The standard InChI is InChI=1S/C12H15N/c1-8-5-9(2)12-10(3)13(4)7-11(12)6-8/h5-7H,1-4H3. The summed E-state index contributed by atoms with van der Waals surface area (Å²) >= 11 is 0. The first kappa shape index (κ1) is 8.36. The molecule has 0 unspecified atom stereocenters. The molecule has 0 saturated carbocycles. The smallest absolute Gasteiger partial charge is 0.0222 e. The maximum absolute atomic E-state index is 2.25. The van der Waals surface area contributed by atoms with E-state index < -0.39 is 0 Å². The van der Waals surface area contributed by atoms with Crippen molar-refractivity contribution in [2.24, 2.45) is 7.05 Å². The molecule has 1 heteroatoms. The lowest BCUT2D eigenvalue weighted by Crippen LogP contribution is -1.87. The quantitative estimate of drug-likeness (QED) is 0.577. The lowest BCUT2D eigenvalue weighted by Gasteiger charge is -2.00. The molecular weight excluding hydrogens is 158 g/mol. The molecule has 0 radical (unpaired) electrons. The highest BCUT2D eigenvalue weighted by Crippen LogP contribution is 2.24. The molecule has 1 aromatic heterocycles. The van der Waals surface area contributed by atoms with Gasteiger partial charge >= 0.3 is 0 Å². The van der Waals surface area contributed by atoms with E-state index in [9.17, 15) is 0 Å². The van der Waals surface area contributed by atoms with E-state index in [1.165, 1.54) is 27.6 Å². The van der Waals surface area contributed by atoms with E-state index in [4.69, 9.17) is 0 Å². The Balaban J connectivity index is 2.94. The average molecular weight is 173 g/mol. The molecule has 0 bridgehead atoms. The van der Waals surface area contributed by atoms with Crippen LogP contribution in [-0.4, -0.2) is 4.57 Å². The second-order valence-electron chi connectivity index (χ2n) is 3.87. The molecule has 0 amide bonds. The molecule has 0 atom stereocenters. The average Bonchev–Trinajstić information content (AvgIpc) is 2.27. The highest BCUT2D eigenvalue weighted by atomic mass is 14.9. The number of nitrogens with zero attached hydrogens (tertiary/aromatic N) is 1. The van der Waals surface area contributed by atoms with Crippen LogP contribution in [0.4, 0.5) is 0 Å². The summed E-state index contributed by atoms with van der Waals surface area (Å²) in [5.74, 6) is 0. The van der Waals surface area contributed by atoms with Crippen molar-refractivity contribution in [1.82, 2.24) is 4.57 Å². The molecule has 13 heavy (non-hydrogen) atoms. The number of fused-ring (bicyclic) bond motifs is 1. The first-order valence-electron chi connectivity index (χ1n) is 4.62. The van der Waals surface area contributed by atoms with E-state index in [1.807, 2.05) is 0 Å². The zero-order chi connectivity index (χ0) is 9.59. The molecule has 0 fully saturated rings. The molecule has 68 valence electrons. The number of aromatic nitrogens is 1. The largest absolute Gasteiger partial charge is 0.353 e. The van der Waals surface area contributed by atoms with Crippen molar-refractivity contribution in [3.05, 3.63) is 35.2 Å². The predicted molar refractivity (Wildman–Crippen MR) is 57.1 cm³/mol. The minimum atomic E-state index is 1.34. The summed E-state index contributed by atoms with van der Waals surface area (Å²) in [6.07, 6.45) is 2.20. The van der Waals surface area contributed by atoms with E-state index in [2.05, 4.69) is 50.7 Å². The highest BCUT2D eigenvalue weighted by Gasteiger charge is 2.05. The third-order valence-electron chi connectivity index (χ3n) is 2.73. The maximum Gasteiger partial charge on any atom is 0.0222 e. The van der Waals surface area contributed by atoms with Crippen LogP contribution in [-0.2, 0) is 7.05 Å². The van der Waals surface area contributed by atoms with Gasteiger partial charge in [0.2, 0.25) is 0 Å². The van der Waals surface area contributed by atoms with Crippen LogP contribution >= 0.6 is 0 Å². The number of rotatable bonds is 0. The van der Waals surface area contributed by atoms with Gasteiger partial charge in [-0.1, -0.05) is 11.6 Å². The van der Waals surface area contributed by atoms with Gasteiger partial charge in [-0.05, 0) is 32.4 Å². The summed E-state index contributed by atoms with van der Waals surface area (Å²) in [5, 5.41) is 2.77. The Morgan fingerprint density at radius 2 is 1.77 bits per heavy atom. The molecule has 0 aliphatic rings. The lowest BCUT2D eigenvalue weighted by molar-refractivity contribution is 0.888. The molecule has 2 aromatic rings. The molecule has 1 heterocycles. The summed E-state index contributed by atoms with van der Waals surface area (Å²) in [6.45, 7) is 6.50. The minimum Gasteiger partial charge on any atom is -0.353 e. The SMILES string of the molecule is Cc1cc(C)c2c(C)n(C)cc2c1. The summed E-state index contributed by atoms with van der Waals surface area (Å²) in [7, 11) is 2.10. The van der Waals surface area contributed by atoms with Gasteiger partial charge in [0.1, 0.15) is 0 Å². The van der Waals surface area contributed by atoms with Gasteiger partial charge in [0, 0.05) is 29.7 Å². The topological polar surface area (TPSA) is 4.93 Å². The molecule has 0 saturated heterocycles. The second-order valence-corrected chi connectivity index (χ2v) is 3.87. The van der Waals surface area contributed by atoms with Crippen molar-refractivity contribution in [1.29, 1.82) is 0 Å². The molecular formula is C12H15N. The van der Waals surface area contributed by atoms with Crippen LogP contribution in [0.3, 0.4) is 0 Å². The van der Waals surface area contributed by atoms with E-state index in [-0.39, 0.29) is 0 Å².